The van der Waals surface area contributed by atoms with E-state index in [1.807, 2.05) is 5.38 Å². The Bertz CT molecular complexity index is 224. The highest BCUT2D eigenvalue weighted by atomic mass is 32.1. The minimum Gasteiger partial charge on any atom is -0.390 e. The van der Waals surface area contributed by atoms with Crippen molar-refractivity contribution in [3.8, 4) is 0 Å². The van der Waals surface area contributed by atoms with E-state index in [-0.39, 0.29) is 12.0 Å². The second kappa shape index (κ2) is 2.89. The van der Waals surface area contributed by atoms with E-state index in [9.17, 15) is 5.11 Å². The van der Waals surface area contributed by atoms with Crippen LogP contribution in [-0.2, 0) is 4.74 Å². The highest BCUT2D eigenvalue weighted by molar-refractivity contribution is 7.03. The van der Waals surface area contributed by atoms with Gasteiger partial charge in [-0.15, -0.1) is 0 Å². The maximum absolute atomic E-state index is 9.41. The Morgan fingerprint density at radius 2 is 2.55 bits per heavy atom. The summed E-state index contributed by atoms with van der Waals surface area (Å²) in [6, 6.07) is 0. The lowest BCUT2D eigenvalue weighted by Crippen LogP contribution is -2.14. The third-order valence-corrected chi connectivity index (χ3v) is 2.53. The van der Waals surface area contributed by atoms with E-state index in [0.717, 1.165) is 5.56 Å². The van der Waals surface area contributed by atoms with Crippen LogP contribution in [0.2, 0.25) is 0 Å². The van der Waals surface area contributed by atoms with E-state index in [4.69, 9.17) is 4.74 Å². The molecule has 1 fully saturated rings. The van der Waals surface area contributed by atoms with Gasteiger partial charge in [0.1, 0.15) is 0 Å². The molecule has 0 unspecified atom stereocenters. The predicted molar refractivity (Wildman–Crippen MR) is 41.7 cm³/mol. The van der Waals surface area contributed by atoms with Crippen molar-refractivity contribution in [1.29, 1.82) is 0 Å². The molecule has 2 heterocycles. The Labute approximate surface area is 68.8 Å². The summed E-state index contributed by atoms with van der Waals surface area (Å²) in [5, 5.41) is 11.4. The van der Waals surface area contributed by atoms with Gasteiger partial charge in [0, 0.05) is 17.5 Å². The van der Waals surface area contributed by atoms with E-state index < -0.39 is 0 Å². The van der Waals surface area contributed by atoms with Gasteiger partial charge in [0.05, 0.1) is 19.3 Å². The van der Waals surface area contributed by atoms with Crippen LogP contribution in [0.3, 0.4) is 0 Å². The third-order valence-electron chi connectivity index (χ3n) is 1.93. The first-order valence-electron chi connectivity index (χ1n) is 3.53. The number of hydrogen-bond donors (Lipinski definition) is 1. The Balaban J connectivity index is 2.16. The molecule has 0 radical (unpaired) electrons. The minimum absolute atomic E-state index is 0.147. The summed E-state index contributed by atoms with van der Waals surface area (Å²) < 4.78 is 9.10. The van der Waals surface area contributed by atoms with Gasteiger partial charge in [-0.1, -0.05) is 0 Å². The molecule has 4 heteroatoms. The maximum atomic E-state index is 9.41. The summed E-state index contributed by atoms with van der Waals surface area (Å²) in [6.07, 6.45) is 1.46. The Hall–Kier alpha value is -0.450. The molecule has 1 aliphatic rings. The first-order chi connectivity index (χ1) is 5.38. The topological polar surface area (TPSA) is 42.4 Å². The molecule has 0 amide bonds. The van der Waals surface area contributed by atoms with Crippen LogP contribution in [0.1, 0.15) is 11.5 Å². The van der Waals surface area contributed by atoms with Crippen molar-refractivity contribution in [2.24, 2.45) is 0 Å². The summed E-state index contributed by atoms with van der Waals surface area (Å²) >= 11 is 1.41. The van der Waals surface area contributed by atoms with Crippen molar-refractivity contribution >= 4 is 11.5 Å². The summed E-state index contributed by atoms with van der Waals surface area (Å²) in [5.41, 5.74) is 1.10. The molecule has 0 spiro atoms. The number of aromatic nitrogens is 1. The zero-order valence-corrected chi connectivity index (χ0v) is 6.75. The van der Waals surface area contributed by atoms with Gasteiger partial charge < -0.3 is 9.84 Å². The van der Waals surface area contributed by atoms with Crippen LogP contribution in [0.15, 0.2) is 11.6 Å². The predicted octanol–water partition coefficient (Wildman–Crippen LogP) is 0.618. The SMILES string of the molecule is O[C@@H]1COC[C@H]1c1cnsc1. The van der Waals surface area contributed by atoms with E-state index in [1.54, 1.807) is 6.20 Å². The Morgan fingerprint density at radius 1 is 1.64 bits per heavy atom. The molecule has 0 aromatic carbocycles. The normalized spacial score (nSPS) is 31.0. The summed E-state index contributed by atoms with van der Waals surface area (Å²) in [5.74, 6) is 0.147. The van der Waals surface area contributed by atoms with Crippen molar-refractivity contribution in [2.75, 3.05) is 13.2 Å². The van der Waals surface area contributed by atoms with Crippen LogP contribution in [0, 0.1) is 0 Å². The third kappa shape index (κ3) is 1.29. The lowest BCUT2D eigenvalue weighted by Gasteiger charge is -2.08. The zero-order chi connectivity index (χ0) is 7.68. The van der Waals surface area contributed by atoms with Crippen molar-refractivity contribution in [2.45, 2.75) is 12.0 Å². The molecule has 3 nitrogen and oxygen atoms in total. The van der Waals surface area contributed by atoms with Crippen molar-refractivity contribution in [3.63, 3.8) is 0 Å². The summed E-state index contributed by atoms with van der Waals surface area (Å²) in [6.45, 7) is 1.08. The van der Waals surface area contributed by atoms with Gasteiger partial charge in [-0.05, 0) is 17.1 Å². The van der Waals surface area contributed by atoms with Crippen LogP contribution in [0.5, 0.6) is 0 Å². The fourth-order valence-electron chi connectivity index (χ4n) is 1.26. The average Bonchev–Trinajstić information content (AvgIpc) is 2.55. The Morgan fingerprint density at radius 3 is 3.09 bits per heavy atom. The van der Waals surface area contributed by atoms with Crippen LogP contribution < -0.4 is 0 Å². The number of aliphatic hydroxyl groups excluding tert-OH is 1. The number of rotatable bonds is 1. The summed E-state index contributed by atoms with van der Waals surface area (Å²) in [4.78, 5) is 0. The van der Waals surface area contributed by atoms with Gasteiger partial charge in [0.25, 0.3) is 0 Å². The van der Waals surface area contributed by atoms with E-state index in [0.29, 0.717) is 13.2 Å². The number of hydrogen-bond acceptors (Lipinski definition) is 4. The first kappa shape index (κ1) is 7.21. The maximum Gasteiger partial charge on any atom is 0.0865 e. The molecule has 1 N–H and O–H groups in total. The molecule has 2 atom stereocenters. The molecular weight excluding hydrogens is 162 g/mol. The first-order valence-corrected chi connectivity index (χ1v) is 4.36. The second-order valence-electron chi connectivity index (χ2n) is 2.67. The molecular formula is C7H9NO2S. The number of nitrogens with zero attached hydrogens (tertiary/aromatic N) is 1. The molecule has 1 aromatic rings. The number of ether oxygens (including phenoxy) is 1. The fourth-order valence-corrected chi connectivity index (χ4v) is 1.86. The standard InChI is InChI=1S/C7H9NO2S/c9-7-3-10-2-6(7)5-1-8-11-4-5/h1,4,6-7,9H,2-3H2/t6-,7+/m0/s1. The monoisotopic (exact) mass is 171 g/mol. The van der Waals surface area contributed by atoms with Crippen molar-refractivity contribution in [3.05, 3.63) is 17.1 Å². The van der Waals surface area contributed by atoms with E-state index >= 15 is 0 Å². The van der Waals surface area contributed by atoms with Crippen LogP contribution in [0.4, 0.5) is 0 Å². The van der Waals surface area contributed by atoms with Crippen LogP contribution in [-0.4, -0.2) is 28.8 Å². The van der Waals surface area contributed by atoms with E-state index in [2.05, 4.69) is 4.37 Å². The minimum atomic E-state index is -0.341. The smallest absolute Gasteiger partial charge is 0.0865 e. The molecule has 0 aliphatic carbocycles. The molecule has 1 saturated heterocycles. The average molecular weight is 171 g/mol. The summed E-state index contributed by atoms with van der Waals surface area (Å²) in [7, 11) is 0. The van der Waals surface area contributed by atoms with E-state index in [1.165, 1.54) is 11.5 Å². The fraction of sp³-hybridized carbons (Fsp3) is 0.571. The van der Waals surface area contributed by atoms with Crippen LogP contribution in [0.25, 0.3) is 0 Å². The molecule has 0 bridgehead atoms. The Kier molecular flexibility index (Phi) is 1.89. The molecule has 0 saturated carbocycles. The molecule has 1 aromatic heterocycles. The molecule has 2 rings (SSSR count). The quantitative estimate of drug-likeness (QED) is 0.673. The molecule has 1 aliphatic heterocycles. The highest BCUT2D eigenvalue weighted by Gasteiger charge is 2.27. The van der Waals surface area contributed by atoms with Crippen molar-refractivity contribution in [1.82, 2.24) is 4.37 Å². The number of aliphatic hydroxyl groups is 1. The van der Waals surface area contributed by atoms with Gasteiger partial charge >= 0.3 is 0 Å². The van der Waals surface area contributed by atoms with Crippen LogP contribution >= 0.6 is 11.5 Å². The molecule has 11 heavy (non-hydrogen) atoms. The van der Waals surface area contributed by atoms with Gasteiger partial charge in [0.15, 0.2) is 0 Å². The lowest BCUT2D eigenvalue weighted by molar-refractivity contribution is 0.124. The highest BCUT2D eigenvalue weighted by Crippen LogP contribution is 2.25. The lowest BCUT2D eigenvalue weighted by atomic mass is 10.0. The van der Waals surface area contributed by atoms with Gasteiger partial charge in [-0.2, -0.15) is 0 Å². The second-order valence-corrected chi connectivity index (χ2v) is 3.33. The zero-order valence-electron chi connectivity index (χ0n) is 5.93. The van der Waals surface area contributed by atoms with Crippen molar-refractivity contribution < 1.29 is 9.84 Å². The van der Waals surface area contributed by atoms with Gasteiger partial charge in [0.2, 0.25) is 0 Å². The van der Waals surface area contributed by atoms with Gasteiger partial charge in [-0.3, -0.25) is 0 Å². The van der Waals surface area contributed by atoms with Gasteiger partial charge in [-0.25, -0.2) is 4.37 Å². The molecule has 60 valence electrons. The largest absolute Gasteiger partial charge is 0.390 e.